The molecule has 1 rings (SSSR count). The molecule has 4 heteroatoms. The van der Waals surface area contributed by atoms with Gasteiger partial charge in [-0.2, -0.15) is 0 Å². The van der Waals surface area contributed by atoms with Crippen LogP contribution in [0.25, 0.3) is 0 Å². The number of aliphatic imine (C=N–C) groups is 2. The van der Waals surface area contributed by atoms with Gasteiger partial charge in [-0.05, 0) is 12.3 Å². The van der Waals surface area contributed by atoms with Gasteiger partial charge in [0.1, 0.15) is 12.1 Å². The number of rotatable bonds is 3. The summed E-state index contributed by atoms with van der Waals surface area (Å²) >= 11 is 0. The highest BCUT2D eigenvalue weighted by atomic mass is 16.5. The lowest BCUT2D eigenvalue weighted by Gasteiger charge is -2.26. The highest BCUT2D eigenvalue weighted by Crippen LogP contribution is 2.18. The largest absolute Gasteiger partial charge is 0.483 e. The van der Waals surface area contributed by atoms with E-state index in [-0.39, 0.29) is 12.1 Å². The first-order valence-electron chi connectivity index (χ1n) is 5.48. The second-order valence-corrected chi connectivity index (χ2v) is 4.07. The minimum atomic E-state index is -0.0903. The fourth-order valence-corrected chi connectivity index (χ4v) is 1.67. The van der Waals surface area contributed by atoms with E-state index >= 15 is 0 Å². The van der Waals surface area contributed by atoms with Crippen LogP contribution in [0, 0.1) is 5.92 Å². The maximum Gasteiger partial charge on any atom is 0.209 e. The molecule has 0 aliphatic carbocycles. The third-order valence-electron chi connectivity index (χ3n) is 2.53. The lowest BCUT2D eigenvalue weighted by molar-refractivity contribution is 0.333. The molecule has 90 valence electrons. The normalized spacial score (nSPS) is 24.8. The standard InChI is InChI=1S/C12H20N2O2/c1-6-7-9-11(15-4)14-10(8(2)3)12(13-9)16-5/h6,8-10H,1,7H2,2-5H3/t9-,10+/m0/s1. The summed E-state index contributed by atoms with van der Waals surface area (Å²) in [5, 5.41) is 0. The number of nitrogens with zero attached hydrogens (tertiary/aromatic N) is 2. The molecule has 0 aromatic rings. The molecule has 0 N–H and O–H groups in total. The van der Waals surface area contributed by atoms with E-state index in [2.05, 4.69) is 30.4 Å². The van der Waals surface area contributed by atoms with E-state index in [4.69, 9.17) is 9.47 Å². The Morgan fingerprint density at radius 1 is 1.25 bits per heavy atom. The summed E-state index contributed by atoms with van der Waals surface area (Å²) in [5.74, 6) is 1.69. The third-order valence-corrected chi connectivity index (χ3v) is 2.53. The van der Waals surface area contributed by atoms with Crippen molar-refractivity contribution in [2.24, 2.45) is 15.9 Å². The van der Waals surface area contributed by atoms with Crippen molar-refractivity contribution in [3.05, 3.63) is 12.7 Å². The molecule has 1 aliphatic heterocycles. The molecule has 1 aliphatic rings. The van der Waals surface area contributed by atoms with Crippen LogP contribution < -0.4 is 0 Å². The van der Waals surface area contributed by atoms with E-state index in [9.17, 15) is 0 Å². The van der Waals surface area contributed by atoms with Gasteiger partial charge < -0.3 is 9.47 Å². The zero-order valence-corrected chi connectivity index (χ0v) is 10.4. The van der Waals surface area contributed by atoms with Crippen molar-refractivity contribution >= 4 is 11.8 Å². The summed E-state index contributed by atoms with van der Waals surface area (Å²) in [6.45, 7) is 7.88. The Morgan fingerprint density at radius 2 is 1.88 bits per heavy atom. The SMILES string of the molecule is C=CC[C@@H]1N=C(OC)[C@@H](C(C)C)N=C1OC. The average molecular weight is 224 g/mol. The van der Waals surface area contributed by atoms with Crippen molar-refractivity contribution in [2.75, 3.05) is 14.2 Å². The average Bonchev–Trinajstić information content (AvgIpc) is 2.28. The first-order valence-corrected chi connectivity index (χ1v) is 5.48. The molecule has 0 amide bonds. The van der Waals surface area contributed by atoms with E-state index in [1.54, 1.807) is 14.2 Å². The van der Waals surface area contributed by atoms with E-state index in [1.807, 2.05) is 6.08 Å². The third kappa shape index (κ3) is 2.62. The van der Waals surface area contributed by atoms with Crippen molar-refractivity contribution in [3.8, 4) is 0 Å². The highest BCUT2D eigenvalue weighted by molar-refractivity contribution is 5.94. The van der Waals surface area contributed by atoms with Gasteiger partial charge in [0.05, 0.1) is 14.2 Å². The van der Waals surface area contributed by atoms with Gasteiger partial charge in [0.2, 0.25) is 11.8 Å². The van der Waals surface area contributed by atoms with Crippen LogP contribution >= 0.6 is 0 Å². The van der Waals surface area contributed by atoms with Crippen molar-refractivity contribution in [1.82, 2.24) is 0 Å². The van der Waals surface area contributed by atoms with Gasteiger partial charge >= 0.3 is 0 Å². The van der Waals surface area contributed by atoms with Gasteiger partial charge in [-0.25, -0.2) is 9.98 Å². The maximum atomic E-state index is 5.29. The number of hydrogen-bond donors (Lipinski definition) is 0. The van der Waals surface area contributed by atoms with Crippen molar-refractivity contribution in [2.45, 2.75) is 32.4 Å². The lowest BCUT2D eigenvalue weighted by atomic mass is 10.0. The molecule has 0 aromatic heterocycles. The molecule has 2 atom stereocenters. The first-order chi connectivity index (χ1) is 7.63. The van der Waals surface area contributed by atoms with E-state index in [0.717, 1.165) is 0 Å². The van der Waals surface area contributed by atoms with Crippen molar-refractivity contribution < 1.29 is 9.47 Å². The molecule has 0 aromatic carbocycles. The van der Waals surface area contributed by atoms with Crippen LogP contribution in [0.5, 0.6) is 0 Å². The fraction of sp³-hybridized carbons (Fsp3) is 0.667. The maximum absolute atomic E-state index is 5.29. The molecular formula is C12H20N2O2. The van der Waals surface area contributed by atoms with Gasteiger partial charge in [0.15, 0.2) is 0 Å². The smallest absolute Gasteiger partial charge is 0.209 e. The van der Waals surface area contributed by atoms with Crippen LogP contribution in [0.3, 0.4) is 0 Å². The number of ether oxygens (including phenoxy) is 2. The Balaban J connectivity index is 2.96. The van der Waals surface area contributed by atoms with Crippen molar-refractivity contribution in [3.63, 3.8) is 0 Å². The second-order valence-electron chi connectivity index (χ2n) is 4.07. The van der Waals surface area contributed by atoms with Crippen LogP contribution in [0.4, 0.5) is 0 Å². The Labute approximate surface area is 97.1 Å². The van der Waals surface area contributed by atoms with Crippen LogP contribution in [-0.4, -0.2) is 38.1 Å². The van der Waals surface area contributed by atoms with Crippen LogP contribution in [0.2, 0.25) is 0 Å². The zero-order valence-electron chi connectivity index (χ0n) is 10.4. The van der Waals surface area contributed by atoms with Gasteiger partial charge in [0.25, 0.3) is 0 Å². The van der Waals surface area contributed by atoms with Gasteiger partial charge in [-0.15, -0.1) is 6.58 Å². The molecule has 0 saturated carbocycles. The zero-order chi connectivity index (χ0) is 12.1. The molecule has 0 bridgehead atoms. The van der Waals surface area contributed by atoms with Crippen LogP contribution in [-0.2, 0) is 9.47 Å². The summed E-state index contributed by atoms with van der Waals surface area (Å²) < 4.78 is 10.6. The molecule has 4 nitrogen and oxygen atoms in total. The minimum Gasteiger partial charge on any atom is -0.483 e. The molecule has 1 heterocycles. The monoisotopic (exact) mass is 224 g/mol. The topological polar surface area (TPSA) is 43.2 Å². The predicted molar refractivity (Wildman–Crippen MR) is 66.1 cm³/mol. The van der Waals surface area contributed by atoms with Gasteiger partial charge in [-0.3, -0.25) is 0 Å². The second kappa shape index (κ2) is 5.68. The molecule has 16 heavy (non-hydrogen) atoms. The Morgan fingerprint density at radius 3 is 2.31 bits per heavy atom. The van der Waals surface area contributed by atoms with Gasteiger partial charge in [-0.1, -0.05) is 19.9 Å². The van der Waals surface area contributed by atoms with Gasteiger partial charge in [0, 0.05) is 0 Å². The fourth-order valence-electron chi connectivity index (χ4n) is 1.67. The minimum absolute atomic E-state index is 0.0407. The molecule has 0 saturated heterocycles. The first kappa shape index (κ1) is 12.7. The number of hydrogen-bond acceptors (Lipinski definition) is 4. The molecule has 0 fully saturated rings. The lowest BCUT2D eigenvalue weighted by Crippen LogP contribution is -2.37. The molecule has 0 spiro atoms. The summed E-state index contributed by atoms with van der Waals surface area (Å²) in [4.78, 5) is 9.06. The Bertz CT molecular complexity index is 308. The van der Waals surface area contributed by atoms with E-state index < -0.39 is 0 Å². The summed E-state index contributed by atoms with van der Waals surface area (Å²) in [6, 6.07) is -0.131. The van der Waals surface area contributed by atoms with Crippen molar-refractivity contribution in [1.29, 1.82) is 0 Å². The quantitative estimate of drug-likeness (QED) is 0.689. The van der Waals surface area contributed by atoms with Crippen LogP contribution in [0.15, 0.2) is 22.6 Å². The summed E-state index contributed by atoms with van der Waals surface area (Å²) in [6.07, 6.45) is 2.52. The molecular weight excluding hydrogens is 204 g/mol. The Hall–Kier alpha value is -1.32. The molecule has 0 radical (unpaired) electrons. The highest BCUT2D eigenvalue weighted by Gasteiger charge is 2.29. The van der Waals surface area contributed by atoms with E-state index in [1.165, 1.54) is 0 Å². The van der Waals surface area contributed by atoms with E-state index in [0.29, 0.717) is 24.1 Å². The summed E-state index contributed by atoms with van der Waals surface area (Å²) in [5.41, 5.74) is 0. The summed E-state index contributed by atoms with van der Waals surface area (Å²) in [7, 11) is 3.26. The Kier molecular flexibility index (Phi) is 4.52. The predicted octanol–water partition coefficient (Wildman–Crippen LogP) is 2.06. The van der Waals surface area contributed by atoms with Crippen LogP contribution in [0.1, 0.15) is 20.3 Å². The molecule has 0 unspecified atom stereocenters. The number of methoxy groups -OCH3 is 2.